The van der Waals surface area contributed by atoms with Gasteiger partial charge in [0.15, 0.2) is 0 Å². The van der Waals surface area contributed by atoms with Crippen LogP contribution in [0, 0.1) is 5.92 Å². The second-order valence-electron chi connectivity index (χ2n) is 4.88. The monoisotopic (exact) mass is 247 g/mol. The molecule has 0 spiro atoms. The van der Waals surface area contributed by atoms with Crippen molar-refractivity contribution in [3.05, 3.63) is 29.6 Å². The maximum atomic E-state index is 12.0. The summed E-state index contributed by atoms with van der Waals surface area (Å²) < 4.78 is 0. The Morgan fingerprint density at radius 3 is 3.11 bits per heavy atom. The molecule has 98 valence electrons. The molecule has 1 amide bonds. The fraction of sp³-hybridized carbons (Fsp3) is 0.571. The number of nitrogens with one attached hydrogen (secondary N) is 2. The van der Waals surface area contributed by atoms with Crippen LogP contribution < -0.4 is 10.6 Å². The summed E-state index contributed by atoms with van der Waals surface area (Å²) in [7, 11) is 0. The summed E-state index contributed by atoms with van der Waals surface area (Å²) in [5, 5.41) is 6.22. The van der Waals surface area contributed by atoms with Crippen molar-refractivity contribution in [3.8, 4) is 0 Å². The molecule has 1 aromatic rings. The van der Waals surface area contributed by atoms with Crippen LogP contribution in [0.3, 0.4) is 0 Å². The van der Waals surface area contributed by atoms with Gasteiger partial charge in [-0.2, -0.15) is 0 Å². The Morgan fingerprint density at radius 2 is 2.44 bits per heavy atom. The molecule has 0 saturated carbocycles. The average molecular weight is 247 g/mol. The Morgan fingerprint density at radius 1 is 1.61 bits per heavy atom. The van der Waals surface area contributed by atoms with E-state index in [-0.39, 0.29) is 11.9 Å². The van der Waals surface area contributed by atoms with E-state index in [1.54, 1.807) is 6.20 Å². The maximum Gasteiger partial charge on any atom is 0.237 e. The van der Waals surface area contributed by atoms with Gasteiger partial charge in [0.1, 0.15) is 0 Å². The molecule has 0 aliphatic carbocycles. The highest BCUT2D eigenvalue weighted by Gasteiger charge is 2.28. The number of aromatic nitrogens is 1. The van der Waals surface area contributed by atoms with Crippen LogP contribution in [0.25, 0.3) is 0 Å². The number of amides is 1. The number of rotatable bonds is 4. The highest BCUT2D eigenvalue weighted by molar-refractivity contribution is 5.82. The van der Waals surface area contributed by atoms with E-state index in [9.17, 15) is 4.79 Å². The van der Waals surface area contributed by atoms with Gasteiger partial charge in [0, 0.05) is 6.20 Å². The molecule has 4 heteroatoms. The summed E-state index contributed by atoms with van der Waals surface area (Å²) in [6, 6.07) is 3.95. The molecule has 0 bridgehead atoms. The molecule has 2 rings (SSSR count). The Bertz CT molecular complexity index is 419. The van der Waals surface area contributed by atoms with E-state index in [4.69, 9.17) is 0 Å². The van der Waals surface area contributed by atoms with E-state index in [0.717, 1.165) is 25.1 Å². The molecule has 0 radical (unpaired) electrons. The first-order chi connectivity index (χ1) is 8.72. The number of nitrogens with zero attached hydrogens (tertiary/aromatic N) is 1. The number of carbonyl (C=O) groups is 1. The normalized spacial score (nSPS) is 23.0. The first-order valence-electron chi connectivity index (χ1n) is 6.66. The number of aryl methyl sites for hydroxylation is 1. The molecule has 1 aliphatic rings. The smallest absolute Gasteiger partial charge is 0.237 e. The second-order valence-corrected chi connectivity index (χ2v) is 4.88. The van der Waals surface area contributed by atoms with Crippen LogP contribution in [0.1, 0.15) is 31.5 Å². The second kappa shape index (κ2) is 5.96. The lowest BCUT2D eigenvalue weighted by Gasteiger charge is -2.15. The highest BCUT2D eigenvalue weighted by Crippen LogP contribution is 2.14. The third-order valence-corrected chi connectivity index (χ3v) is 3.61. The number of pyridine rings is 1. The minimum Gasteiger partial charge on any atom is -0.349 e. The van der Waals surface area contributed by atoms with Crippen molar-refractivity contribution in [2.24, 2.45) is 5.92 Å². The van der Waals surface area contributed by atoms with Crippen LogP contribution in [-0.4, -0.2) is 23.5 Å². The van der Waals surface area contributed by atoms with Gasteiger partial charge in [-0.25, -0.2) is 0 Å². The van der Waals surface area contributed by atoms with Gasteiger partial charge >= 0.3 is 0 Å². The van der Waals surface area contributed by atoms with E-state index in [2.05, 4.69) is 35.5 Å². The van der Waals surface area contributed by atoms with Crippen molar-refractivity contribution in [3.63, 3.8) is 0 Å². The lowest BCUT2D eigenvalue weighted by molar-refractivity contribution is -0.123. The van der Waals surface area contributed by atoms with E-state index in [0.29, 0.717) is 12.5 Å². The summed E-state index contributed by atoms with van der Waals surface area (Å²) in [6.45, 7) is 5.67. The summed E-state index contributed by atoms with van der Waals surface area (Å²) in [4.78, 5) is 16.4. The molecule has 18 heavy (non-hydrogen) atoms. The summed E-state index contributed by atoms with van der Waals surface area (Å²) in [6.07, 6.45) is 3.79. The van der Waals surface area contributed by atoms with Gasteiger partial charge < -0.3 is 10.6 Å². The minimum atomic E-state index is -0.0428. The lowest BCUT2D eigenvalue weighted by Crippen LogP contribution is -2.43. The molecule has 1 saturated heterocycles. The number of hydrogen-bond donors (Lipinski definition) is 2. The van der Waals surface area contributed by atoms with Gasteiger partial charge in [-0.05, 0) is 36.9 Å². The summed E-state index contributed by atoms with van der Waals surface area (Å²) in [5.74, 6) is 0.507. The van der Waals surface area contributed by atoms with Gasteiger partial charge in [-0.1, -0.05) is 19.9 Å². The van der Waals surface area contributed by atoms with Crippen LogP contribution in [0.2, 0.25) is 0 Å². The van der Waals surface area contributed by atoms with E-state index in [1.807, 2.05) is 6.07 Å². The molecule has 2 N–H and O–H groups in total. The molecule has 2 heterocycles. The SMILES string of the molecule is CCc1cccnc1CNC(=O)C1NCCC1C. The number of carbonyl (C=O) groups excluding carboxylic acids is 1. The van der Waals surface area contributed by atoms with E-state index in [1.165, 1.54) is 5.56 Å². The van der Waals surface area contributed by atoms with Crippen molar-refractivity contribution in [1.29, 1.82) is 0 Å². The largest absolute Gasteiger partial charge is 0.349 e. The Hall–Kier alpha value is -1.42. The molecule has 1 aliphatic heterocycles. The van der Waals surface area contributed by atoms with Crippen molar-refractivity contribution in [2.45, 2.75) is 39.3 Å². The van der Waals surface area contributed by atoms with Gasteiger partial charge in [0.2, 0.25) is 5.91 Å². The first-order valence-corrected chi connectivity index (χ1v) is 6.66. The van der Waals surface area contributed by atoms with Gasteiger partial charge in [-0.15, -0.1) is 0 Å². The molecule has 2 unspecified atom stereocenters. The van der Waals surface area contributed by atoms with Crippen LogP contribution in [0.15, 0.2) is 18.3 Å². The highest BCUT2D eigenvalue weighted by atomic mass is 16.2. The van der Waals surface area contributed by atoms with Crippen LogP contribution >= 0.6 is 0 Å². The topological polar surface area (TPSA) is 54.0 Å². The molecule has 4 nitrogen and oxygen atoms in total. The van der Waals surface area contributed by atoms with Crippen molar-refractivity contribution in [2.75, 3.05) is 6.54 Å². The number of hydrogen-bond acceptors (Lipinski definition) is 3. The third-order valence-electron chi connectivity index (χ3n) is 3.61. The Kier molecular flexibility index (Phi) is 4.31. The predicted molar refractivity (Wildman–Crippen MR) is 71.0 cm³/mol. The van der Waals surface area contributed by atoms with Crippen molar-refractivity contribution < 1.29 is 4.79 Å². The zero-order valence-electron chi connectivity index (χ0n) is 11.1. The summed E-state index contributed by atoms with van der Waals surface area (Å²) >= 11 is 0. The minimum absolute atomic E-state index is 0.0428. The molecule has 1 fully saturated rings. The standard InChI is InChI=1S/C14H21N3O/c1-3-11-5-4-7-15-12(11)9-17-14(18)13-10(2)6-8-16-13/h4-5,7,10,13,16H,3,6,8-9H2,1-2H3,(H,17,18). The molecular weight excluding hydrogens is 226 g/mol. The fourth-order valence-electron chi connectivity index (χ4n) is 2.42. The van der Waals surface area contributed by atoms with Crippen molar-refractivity contribution in [1.82, 2.24) is 15.6 Å². The van der Waals surface area contributed by atoms with Gasteiger partial charge in [-0.3, -0.25) is 9.78 Å². The molecular formula is C14H21N3O. The van der Waals surface area contributed by atoms with Gasteiger partial charge in [0.25, 0.3) is 0 Å². The molecule has 2 atom stereocenters. The zero-order chi connectivity index (χ0) is 13.0. The van der Waals surface area contributed by atoms with E-state index >= 15 is 0 Å². The molecule has 1 aromatic heterocycles. The lowest BCUT2D eigenvalue weighted by atomic mass is 10.0. The predicted octanol–water partition coefficient (Wildman–Crippen LogP) is 1.26. The van der Waals surface area contributed by atoms with E-state index < -0.39 is 0 Å². The summed E-state index contributed by atoms with van der Waals surface area (Å²) in [5.41, 5.74) is 2.17. The van der Waals surface area contributed by atoms with Crippen LogP contribution in [-0.2, 0) is 17.8 Å². The Labute approximate surface area is 108 Å². The first kappa shape index (κ1) is 13.0. The average Bonchev–Trinajstić information content (AvgIpc) is 2.82. The van der Waals surface area contributed by atoms with Crippen molar-refractivity contribution >= 4 is 5.91 Å². The Balaban J connectivity index is 1.93. The molecule has 0 aromatic carbocycles. The van der Waals surface area contributed by atoms with Crippen LogP contribution in [0.5, 0.6) is 0 Å². The van der Waals surface area contributed by atoms with Crippen LogP contribution in [0.4, 0.5) is 0 Å². The maximum absolute atomic E-state index is 12.0. The third kappa shape index (κ3) is 2.88. The quantitative estimate of drug-likeness (QED) is 0.842. The van der Waals surface area contributed by atoms with Gasteiger partial charge in [0.05, 0.1) is 18.3 Å². The zero-order valence-corrected chi connectivity index (χ0v) is 11.1. The fourth-order valence-corrected chi connectivity index (χ4v) is 2.42.